The zero-order valence-corrected chi connectivity index (χ0v) is 21.4. The van der Waals surface area contributed by atoms with Gasteiger partial charge in [-0.15, -0.1) is 0 Å². The van der Waals surface area contributed by atoms with Crippen molar-refractivity contribution < 1.29 is 27.9 Å². The minimum absolute atomic E-state index is 0.186. The van der Waals surface area contributed by atoms with Gasteiger partial charge in [-0.2, -0.15) is 13.2 Å². The molecule has 2 aromatic rings. The van der Waals surface area contributed by atoms with E-state index in [9.17, 15) is 27.9 Å². The highest BCUT2D eigenvalue weighted by molar-refractivity contribution is 6.34. The first-order chi connectivity index (χ1) is 17.6. The average Bonchev–Trinajstić information content (AvgIpc) is 2.91. The molecule has 0 aromatic heterocycles. The van der Waals surface area contributed by atoms with E-state index in [2.05, 4.69) is 10.2 Å². The maximum atomic E-state index is 13.9. The molecule has 2 aliphatic rings. The van der Waals surface area contributed by atoms with Crippen LogP contribution in [-0.4, -0.2) is 61.2 Å². The summed E-state index contributed by atoms with van der Waals surface area (Å²) >= 11 is 6.30. The van der Waals surface area contributed by atoms with Gasteiger partial charge in [0.15, 0.2) is 0 Å². The van der Waals surface area contributed by atoms with Gasteiger partial charge in [-0.25, -0.2) is 0 Å². The minimum atomic E-state index is -5.13. The Morgan fingerprint density at radius 3 is 2.03 bits per heavy atom. The lowest BCUT2D eigenvalue weighted by atomic mass is 9.78. The summed E-state index contributed by atoms with van der Waals surface area (Å²) in [5, 5.41) is 13.6. The third-order valence-electron chi connectivity index (χ3n) is 7.73. The molecular weight excluding hydrogens is 507 g/mol. The number of rotatable bonds is 5. The van der Waals surface area contributed by atoms with Crippen LogP contribution in [0.15, 0.2) is 48.5 Å². The second-order valence-corrected chi connectivity index (χ2v) is 10.2. The molecule has 4 rings (SSSR count). The summed E-state index contributed by atoms with van der Waals surface area (Å²) in [5.41, 5.74) is -2.65. The van der Waals surface area contributed by atoms with E-state index in [1.54, 1.807) is 19.2 Å². The number of benzene rings is 2. The van der Waals surface area contributed by atoms with Crippen molar-refractivity contribution in [1.29, 1.82) is 0 Å². The number of nitrogens with one attached hydrogen (secondary N) is 1. The number of carbonyl (C=O) groups is 2. The maximum absolute atomic E-state index is 13.9. The molecule has 0 bridgehead atoms. The maximum Gasteiger partial charge on any atom is 0.430 e. The predicted octanol–water partition coefficient (Wildman–Crippen LogP) is 4.60. The second kappa shape index (κ2) is 10.9. The van der Waals surface area contributed by atoms with Gasteiger partial charge in [0.1, 0.15) is 0 Å². The van der Waals surface area contributed by atoms with E-state index in [1.165, 1.54) is 18.2 Å². The minimum Gasteiger partial charge on any atom is -0.371 e. The molecule has 0 unspecified atom stereocenters. The van der Waals surface area contributed by atoms with Gasteiger partial charge >= 0.3 is 6.18 Å². The molecule has 2 heterocycles. The van der Waals surface area contributed by atoms with Crippen molar-refractivity contribution in [2.75, 3.05) is 38.1 Å². The highest BCUT2D eigenvalue weighted by atomic mass is 35.5. The number of anilines is 1. The molecule has 2 N–H and O–H groups in total. The fourth-order valence-corrected chi connectivity index (χ4v) is 5.80. The largest absolute Gasteiger partial charge is 0.430 e. The van der Waals surface area contributed by atoms with Crippen molar-refractivity contribution in [3.05, 3.63) is 64.7 Å². The Morgan fingerprint density at radius 1 is 0.946 bits per heavy atom. The summed E-state index contributed by atoms with van der Waals surface area (Å²) in [6.45, 7) is 1.99. The van der Waals surface area contributed by atoms with Crippen molar-refractivity contribution in [1.82, 2.24) is 10.2 Å². The Labute approximate surface area is 219 Å². The quantitative estimate of drug-likeness (QED) is 0.584. The van der Waals surface area contributed by atoms with E-state index in [1.807, 2.05) is 6.07 Å². The van der Waals surface area contributed by atoms with E-state index >= 15 is 0 Å². The van der Waals surface area contributed by atoms with Crippen LogP contribution >= 0.6 is 11.6 Å². The second-order valence-electron chi connectivity index (χ2n) is 9.77. The first-order valence-corrected chi connectivity index (χ1v) is 12.8. The molecular formula is C27H31ClF3N3O3. The lowest BCUT2D eigenvalue weighted by molar-refractivity contribution is -0.262. The van der Waals surface area contributed by atoms with Crippen molar-refractivity contribution in [3.63, 3.8) is 0 Å². The number of carbonyl (C=O) groups excluding carboxylic acids is 2. The molecule has 2 aliphatic heterocycles. The van der Waals surface area contributed by atoms with Gasteiger partial charge in [-0.05, 0) is 55.7 Å². The van der Waals surface area contributed by atoms with Crippen LogP contribution in [-0.2, 0) is 10.4 Å². The number of amides is 2. The average molecular weight is 538 g/mol. The standard InChI is InChI=1S/C27H31ClF3N3O3/c1-32-24(35)22-8-7-21(17-23(22)28)33-13-9-18(10-14-33)19-11-15-34(16-12-19)25(36)26(37,27(29,30)31)20-5-3-2-4-6-20/h2-8,17-19,37H,9-16H2,1H3,(H,32,35)/t26-/m1/s1. The summed E-state index contributed by atoms with van der Waals surface area (Å²) in [7, 11) is 1.55. The zero-order valence-electron chi connectivity index (χ0n) is 20.6. The number of halogens is 4. The first kappa shape index (κ1) is 27.3. The number of alkyl halides is 3. The molecule has 200 valence electrons. The van der Waals surface area contributed by atoms with Crippen molar-refractivity contribution >= 4 is 29.1 Å². The van der Waals surface area contributed by atoms with Gasteiger partial charge < -0.3 is 20.2 Å². The Hall–Kier alpha value is -2.78. The number of nitrogens with zero attached hydrogens (tertiary/aromatic N) is 2. The molecule has 2 aromatic carbocycles. The molecule has 37 heavy (non-hydrogen) atoms. The molecule has 1 atom stereocenters. The highest BCUT2D eigenvalue weighted by Gasteiger charge is 2.62. The zero-order chi connectivity index (χ0) is 26.8. The Kier molecular flexibility index (Phi) is 8.04. The van der Waals surface area contributed by atoms with Crippen LogP contribution in [0.3, 0.4) is 0 Å². The molecule has 2 saturated heterocycles. The summed E-state index contributed by atoms with van der Waals surface area (Å²) in [6.07, 6.45) is -2.08. The van der Waals surface area contributed by atoms with Gasteiger partial charge in [0.2, 0.25) is 0 Å². The molecule has 0 radical (unpaired) electrons. The first-order valence-electron chi connectivity index (χ1n) is 12.5. The molecule has 0 aliphatic carbocycles. The molecule has 2 fully saturated rings. The lowest BCUT2D eigenvalue weighted by Crippen LogP contribution is -2.57. The van der Waals surface area contributed by atoms with Crippen LogP contribution in [0.1, 0.15) is 41.6 Å². The van der Waals surface area contributed by atoms with E-state index in [0.717, 1.165) is 48.7 Å². The molecule has 0 spiro atoms. The van der Waals surface area contributed by atoms with Gasteiger partial charge in [0.25, 0.3) is 17.4 Å². The topological polar surface area (TPSA) is 72.9 Å². The van der Waals surface area contributed by atoms with Crippen LogP contribution in [0, 0.1) is 11.8 Å². The third-order valence-corrected chi connectivity index (χ3v) is 8.05. The third kappa shape index (κ3) is 5.43. The van der Waals surface area contributed by atoms with Crippen molar-refractivity contribution in [2.24, 2.45) is 11.8 Å². The SMILES string of the molecule is CNC(=O)c1ccc(N2CCC(C3CCN(C(=O)[C@](O)(c4ccccc4)C(F)(F)F)CC3)CC2)cc1Cl. The van der Waals surface area contributed by atoms with Crippen LogP contribution in [0.25, 0.3) is 0 Å². The fourth-order valence-electron chi connectivity index (χ4n) is 5.54. The van der Waals surface area contributed by atoms with Crippen molar-refractivity contribution in [3.8, 4) is 0 Å². The Balaban J connectivity index is 1.34. The predicted molar refractivity (Wildman–Crippen MR) is 135 cm³/mol. The van der Waals surface area contributed by atoms with Crippen molar-refractivity contribution in [2.45, 2.75) is 37.5 Å². The molecule has 0 saturated carbocycles. The lowest BCUT2D eigenvalue weighted by Gasteiger charge is -2.42. The normalized spacial score (nSPS) is 19.4. The van der Waals surface area contributed by atoms with Crippen LogP contribution in [0.2, 0.25) is 5.02 Å². The summed E-state index contributed by atoms with van der Waals surface area (Å²) < 4.78 is 41.7. The summed E-state index contributed by atoms with van der Waals surface area (Å²) in [4.78, 5) is 28.2. The van der Waals surface area contributed by atoms with Crippen LogP contribution < -0.4 is 10.2 Å². The fraction of sp³-hybridized carbons (Fsp3) is 0.481. The van der Waals surface area contributed by atoms with E-state index in [4.69, 9.17) is 11.6 Å². The Bertz CT molecular complexity index is 1110. The smallest absolute Gasteiger partial charge is 0.371 e. The van der Waals surface area contributed by atoms with E-state index < -0.39 is 23.2 Å². The van der Waals surface area contributed by atoms with Crippen LogP contribution in [0.4, 0.5) is 18.9 Å². The number of hydrogen-bond donors (Lipinski definition) is 2. The summed E-state index contributed by atoms with van der Waals surface area (Å²) in [5.74, 6) is -0.833. The van der Waals surface area contributed by atoms with E-state index in [0.29, 0.717) is 35.3 Å². The molecule has 2 amide bonds. The van der Waals surface area contributed by atoms with Gasteiger partial charge in [0, 0.05) is 44.5 Å². The van der Waals surface area contributed by atoms with Gasteiger partial charge in [0.05, 0.1) is 10.6 Å². The van der Waals surface area contributed by atoms with Gasteiger partial charge in [-0.1, -0.05) is 41.9 Å². The Morgan fingerprint density at radius 2 is 1.51 bits per heavy atom. The highest BCUT2D eigenvalue weighted by Crippen LogP contribution is 2.42. The van der Waals surface area contributed by atoms with Crippen LogP contribution in [0.5, 0.6) is 0 Å². The number of hydrogen-bond acceptors (Lipinski definition) is 4. The van der Waals surface area contributed by atoms with E-state index in [-0.39, 0.29) is 19.0 Å². The number of piperidine rings is 2. The van der Waals surface area contributed by atoms with Gasteiger partial charge in [-0.3, -0.25) is 9.59 Å². The number of likely N-dealkylation sites (tertiary alicyclic amines) is 1. The molecule has 6 nitrogen and oxygen atoms in total. The monoisotopic (exact) mass is 537 g/mol. The number of aliphatic hydroxyl groups is 1. The summed E-state index contributed by atoms with van der Waals surface area (Å²) in [6, 6.07) is 11.9. The molecule has 10 heteroatoms.